The van der Waals surface area contributed by atoms with E-state index in [1.807, 2.05) is 86.6 Å². The molecule has 25 heavy (non-hydrogen) atoms. The van der Waals surface area contributed by atoms with E-state index in [4.69, 9.17) is 4.74 Å². The number of rotatable bonds is 5. The van der Waals surface area contributed by atoms with E-state index in [9.17, 15) is 4.79 Å². The van der Waals surface area contributed by atoms with Gasteiger partial charge in [0.2, 0.25) is 0 Å². The number of carbonyl (C=O) groups excluding carboxylic acids is 1. The van der Waals surface area contributed by atoms with Crippen LogP contribution in [0.1, 0.15) is 22.9 Å². The second kappa shape index (κ2) is 9.02. The topological polar surface area (TPSA) is 26.3 Å². The third kappa shape index (κ3) is 5.07. The summed E-state index contributed by atoms with van der Waals surface area (Å²) in [5, 5.41) is 1.02. The first-order valence-corrected chi connectivity index (χ1v) is 8.84. The second-order valence-electron chi connectivity index (χ2n) is 5.66. The Hall–Kier alpha value is -1.84. The SMILES string of the molecule is Cc1cccc(C)c1C(=O)Pc1ccc(Oc2ccccc2)cc1.[H-].[Li+]. The average molecular weight is 342 g/mol. The number of hydrogen-bond acceptors (Lipinski definition) is 2. The van der Waals surface area contributed by atoms with E-state index in [1.54, 1.807) is 0 Å². The summed E-state index contributed by atoms with van der Waals surface area (Å²) in [5.74, 6) is 1.58. The molecule has 0 radical (unpaired) electrons. The number of carbonyl (C=O) groups is 1. The molecule has 0 amide bonds. The average Bonchev–Trinajstić information content (AvgIpc) is 2.57. The van der Waals surface area contributed by atoms with E-state index >= 15 is 0 Å². The van der Waals surface area contributed by atoms with Gasteiger partial charge in [0, 0.05) is 5.56 Å². The van der Waals surface area contributed by atoms with Crippen LogP contribution < -0.4 is 28.9 Å². The van der Waals surface area contributed by atoms with E-state index in [1.165, 1.54) is 0 Å². The maximum absolute atomic E-state index is 12.6. The zero-order chi connectivity index (χ0) is 16.9. The van der Waals surface area contributed by atoms with Crippen LogP contribution in [0.15, 0.2) is 72.8 Å². The van der Waals surface area contributed by atoms with Gasteiger partial charge in [0.25, 0.3) is 0 Å². The van der Waals surface area contributed by atoms with Crippen LogP contribution in [0, 0.1) is 13.8 Å². The molecule has 0 aliphatic rings. The van der Waals surface area contributed by atoms with E-state index < -0.39 is 0 Å². The summed E-state index contributed by atoms with van der Waals surface area (Å²) in [6.45, 7) is 3.98. The third-order valence-electron chi connectivity index (χ3n) is 3.80. The van der Waals surface area contributed by atoms with E-state index in [2.05, 4.69) is 0 Å². The molecule has 122 valence electrons. The second-order valence-corrected chi connectivity index (χ2v) is 6.94. The van der Waals surface area contributed by atoms with Crippen LogP contribution in [0.25, 0.3) is 0 Å². The van der Waals surface area contributed by atoms with Gasteiger partial charge in [-0.2, -0.15) is 0 Å². The van der Waals surface area contributed by atoms with Gasteiger partial charge < -0.3 is 6.16 Å². The first-order chi connectivity index (χ1) is 11.6. The molecule has 0 aliphatic carbocycles. The summed E-state index contributed by atoms with van der Waals surface area (Å²) in [6.07, 6.45) is 0. The molecular formula is C21H20LiO2P. The maximum atomic E-state index is 12.6. The predicted octanol–water partition coefficient (Wildman–Crippen LogP) is 2.36. The molecule has 0 saturated carbocycles. The molecule has 3 rings (SSSR count). The number of ether oxygens (including phenoxy) is 1. The Morgan fingerprint density at radius 2 is 1.36 bits per heavy atom. The molecule has 0 aliphatic heterocycles. The summed E-state index contributed by atoms with van der Waals surface area (Å²) in [4.78, 5) is 12.6. The van der Waals surface area contributed by atoms with Crippen molar-refractivity contribution in [2.75, 3.05) is 0 Å². The zero-order valence-corrected chi connectivity index (χ0v) is 15.7. The minimum absolute atomic E-state index is 0. The van der Waals surface area contributed by atoms with Crippen molar-refractivity contribution in [3.63, 3.8) is 0 Å². The summed E-state index contributed by atoms with van der Waals surface area (Å²) in [6, 6.07) is 23.4. The molecule has 0 N–H and O–H groups in total. The Morgan fingerprint density at radius 3 is 1.96 bits per heavy atom. The number of aryl methyl sites for hydroxylation is 2. The molecule has 0 spiro atoms. The smallest absolute Gasteiger partial charge is 1.00 e. The molecule has 1 unspecified atom stereocenters. The zero-order valence-electron chi connectivity index (χ0n) is 15.7. The van der Waals surface area contributed by atoms with Gasteiger partial charge in [-0.05, 0) is 63.1 Å². The van der Waals surface area contributed by atoms with Gasteiger partial charge in [0.1, 0.15) is 11.5 Å². The molecule has 3 aromatic rings. The van der Waals surface area contributed by atoms with Crippen molar-refractivity contribution in [3.8, 4) is 11.5 Å². The Labute approximate surface area is 164 Å². The molecule has 2 nitrogen and oxygen atoms in total. The summed E-state index contributed by atoms with van der Waals surface area (Å²) in [7, 11) is 0.118. The van der Waals surface area contributed by atoms with Crippen molar-refractivity contribution in [2.45, 2.75) is 13.8 Å². The third-order valence-corrected chi connectivity index (χ3v) is 4.90. The number of benzene rings is 3. The Kier molecular flexibility index (Phi) is 7.03. The molecule has 1 atom stereocenters. The normalized spacial score (nSPS) is 10.5. The van der Waals surface area contributed by atoms with Crippen molar-refractivity contribution >= 4 is 19.4 Å². The van der Waals surface area contributed by atoms with Crippen molar-refractivity contribution < 1.29 is 29.8 Å². The number of hydrogen-bond donors (Lipinski definition) is 0. The predicted molar refractivity (Wildman–Crippen MR) is 102 cm³/mol. The fourth-order valence-electron chi connectivity index (χ4n) is 2.60. The van der Waals surface area contributed by atoms with Crippen LogP contribution in [0.4, 0.5) is 0 Å². The van der Waals surface area contributed by atoms with Crippen LogP contribution in [0.2, 0.25) is 0 Å². The largest absolute Gasteiger partial charge is 1.00 e. The molecule has 4 heteroatoms. The minimum Gasteiger partial charge on any atom is -1.00 e. The van der Waals surface area contributed by atoms with Crippen LogP contribution in [0.5, 0.6) is 11.5 Å². The first-order valence-electron chi connectivity index (χ1n) is 7.84. The molecule has 0 heterocycles. The van der Waals surface area contributed by atoms with Crippen molar-refractivity contribution in [1.29, 1.82) is 0 Å². The van der Waals surface area contributed by atoms with Gasteiger partial charge in [0.15, 0.2) is 5.52 Å². The van der Waals surface area contributed by atoms with Gasteiger partial charge in [0.05, 0.1) is 0 Å². The van der Waals surface area contributed by atoms with Gasteiger partial charge in [-0.25, -0.2) is 0 Å². The van der Waals surface area contributed by atoms with Crippen LogP contribution in [-0.4, -0.2) is 5.52 Å². The monoisotopic (exact) mass is 342 g/mol. The van der Waals surface area contributed by atoms with Gasteiger partial charge in [-0.3, -0.25) is 4.79 Å². The van der Waals surface area contributed by atoms with E-state index in [0.29, 0.717) is 0 Å². The van der Waals surface area contributed by atoms with Crippen molar-refractivity contribution in [1.82, 2.24) is 0 Å². The quantitative estimate of drug-likeness (QED) is 0.526. The van der Waals surface area contributed by atoms with Crippen molar-refractivity contribution in [3.05, 3.63) is 89.5 Å². The fourth-order valence-corrected chi connectivity index (χ4v) is 3.71. The summed E-state index contributed by atoms with van der Waals surface area (Å²) < 4.78 is 5.78. The fraction of sp³-hybridized carbons (Fsp3) is 0.0952. The molecule has 0 saturated heterocycles. The number of para-hydroxylation sites is 1. The maximum Gasteiger partial charge on any atom is 1.00 e. The van der Waals surface area contributed by atoms with Gasteiger partial charge >= 0.3 is 18.9 Å². The molecular weight excluding hydrogens is 322 g/mol. The van der Waals surface area contributed by atoms with Gasteiger partial charge in [-0.15, -0.1) is 0 Å². The van der Waals surface area contributed by atoms with Gasteiger partial charge in [-0.1, -0.05) is 48.5 Å². The summed E-state index contributed by atoms with van der Waals surface area (Å²) in [5.41, 5.74) is 3.11. The Bertz CT molecular complexity index is 831. The molecule has 0 bridgehead atoms. The summed E-state index contributed by atoms with van der Waals surface area (Å²) >= 11 is 0. The van der Waals surface area contributed by atoms with Crippen LogP contribution in [-0.2, 0) is 0 Å². The van der Waals surface area contributed by atoms with Crippen LogP contribution in [0.3, 0.4) is 0 Å². The van der Waals surface area contributed by atoms with E-state index in [0.717, 1.165) is 33.5 Å². The molecule has 0 aromatic heterocycles. The Balaban J connectivity index is 0.00000169. The first kappa shape index (κ1) is 19.5. The standard InChI is InChI=1S/C21H19O2P.Li.H/c1-15-7-6-8-16(2)20(15)21(22)24-19-13-11-18(12-14-19)23-17-9-4-3-5-10-17;;/h3-14,24H,1-2H3;;/q;+1;-1. The molecule has 3 aromatic carbocycles. The minimum atomic E-state index is 0. The van der Waals surface area contributed by atoms with Crippen molar-refractivity contribution in [2.24, 2.45) is 0 Å². The van der Waals surface area contributed by atoms with E-state index in [-0.39, 0.29) is 34.4 Å². The van der Waals surface area contributed by atoms with Crippen LogP contribution >= 0.6 is 8.58 Å². The molecule has 0 fully saturated rings. The Morgan fingerprint density at radius 1 is 0.800 bits per heavy atom.